The normalized spacial score (nSPS) is 19.7. The summed E-state index contributed by atoms with van der Waals surface area (Å²) in [6, 6.07) is 9.17. The van der Waals surface area contributed by atoms with Gasteiger partial charge in [-0.25, -0.2) is 8.78 Å². The number of carboxylic acids is 1. The molecule has 1 aromatic carbocycles. The molecule has 1 N–H and O–H groups in total. The Labute approximate surface area is 200 Å². The van der Waals surface area contributed by atoms with Crippen LogP contribution in [0.25, 0.3) is 0 Å². The van der Waals surface area contributed by atoms with E-state index in [0.29, 0.717) is 25.3 Å². The molecule has 1 aromatic heterocycles. The van der Waals surface area contributed by atoms with Gasteiger partial charge in [0, 0.05) is 43.6 Å². The number of hydrogen-bond acceptors (Lipinski definition) is 4. The van der Waals surface area contributed by atoms with Crippen molar-refractivity contribution in [3.63, 3.8) is 0 Å². The first-order valence-electron chi connectivity index (χ1n) is 12.4. The Kier molecular flexibility index (Phi) is 7.94. The first-order chi connectivity index (χ1) is 16.3. The second-order valence-corrected chi connectivity index (χ2v) is 9.60. The van der Waals surface area contributed by atoms with Crippen LogP contribution in [0.15, 0.2) is 36.4 Å². The van der Waals surface area contributed by atoms with E-state index in [1.165, 1.54) is 42.3 Å². The molecular weight excluding hydrogens is 438 g/mol. The van der Waals surface area contributed by atoms with Gasteiger partial charge in [-0.15, -0.1) is 0 Å². The predicted molar refractivity (Wildman–Crippen MR) is 126 cm³/mol. The number of likely N-dealkylation sites (tertiary alicyclic amines) is 1. The summed E-state index contributed by atoms with van der Waals surface area (Å²) in [5, 5.41) is 9.82. The molecule has 5 nitrogen and oxygen atoms in total. The van der Waals surface area contributed by atoms with Crippen molar-refractivity contribution in [1.82, 2.24) is 9.88 Å². The number of nitrogens with zero attached hydrogens (tertiary/aromatic N) is 2. The minimum Gasteiger partial charge on any atom is -0.480 e. The third-order valence-electron chi connectivity index (χ3n) is 6.90. The van der Waals surface area contributed by atoms with E-state index >= 15 is 0 Å². The lowest BCUT2D eigenvalue weighted by Gasteiger charge is -2.25. The van der Waals surface area contributed by atoms with Crippen molar-refractivity contribution in [2.45, 2.75) is 76.4 Å². The summed E-state index contributed by atoms with van der Waals surface area (Å²) in [5.74, 6) is -4.04. The molecule has 34 heavy (non-hydrogen) atoms. The van der Waals surface area contributed by atoms with Crippen molar-refractivity contribution in [2.75, 3.05) is 19.7 Å². The zero-order valence-corrected chi connectivity index (χ0v) is 19.8. The standard InChI is InChI=1S/C27H34F2N2O3/c1-27(28,29)21-9-6-8-20(17-21)25(26(32)33)31-15-14-23(18-31)34-16-5-4-10-22-13-12-19-7-2-3-11-24(19)30-22/h6,8-9,12-13,17,23,25H,2-5,7,10-11,14-16,18H2,1H3,(H,32,33)/t23-,25+/m1/s1. The van der Waals surface area contributed by atoms with Crippen LogP contribution in [0.1, 0.15) is 73.1 Å². The van der Waals surface area contributed by atoms with Crippen LogP contribution < -0.4 is 0 Å². The molecule has 0 amide bonds. The molecule has 1 aliphatic carbocycles. The average Bonchev–Trinajstić information content (AvgIpc) is 3.26. The number of unbranched alkanes of at least 4 members (excludes halogenated alkanes) is 1. The summed E-state index contributed by atoms with van der Waals surface area (Å²) >= 11 is 0. The lowest BCUT2D eigenvalue weighted by molar-refractivity contribution is -0.143. The molecule has 0 saturated carbocycles. The third-order valence-corrected chi connectivity index (χ3v) is 6.90. The first-order valence-corrected chi connectivity index (χ1v) is 12.4. The second-order valence-electron chi connectivity index (χ2n) is 9.60. The number of aryl methyl sites for hydroxylation is 3. The Morgan fingerprint density at radius 2 is 2.06 bits per heavy atom. The molecule has 2 heterocycles. The molecule has 1 fully saturated rings. The highest BCUT2D eigenvalue weighted by atomic mass is 19.3. The summed E-state index contributed by atoms with van der Waals surface area (Å²) in [6.07, 6.45) is 8.28. The molecule has 0 bridgehead atoms. The van der Waals surface area contributed by atoms with Gasteiger partial charge in [0.2, 0.25) is 0 Å². The van der Waals surface area contributed by atoms with E-state index in [1.807, 2.05) is 4.90 Å². The predicted octanol–water partition coefficient (Wildman–Crippen LogP) is 5.31. The van der Waals surface area contributed by atoms with Crippen LogP contribution in [-0.4, -0.2) is 46.8 Å². The van der Waals surface area contributed by atoms with Crippen LogP contribution in [0.2, 0.25) is 0 Å². The van der Waals surface area contributed by atoms with Gasteiger partial charge in [0.15, 0.2) is 0 Å². The smallest absolute Gasteiger partial charge is 0.325 e. The minimum atomic E-state index is -3.01. The number of halogens is 2. The van der Waals surface area contributed by atoms with Crippen LogP contribution in [0.4, 0.5) is 8.78 Å². The molecule has 184 valence electrons. The maximum atomic E-state index is 13.7. The molecule has 4 rings (SSSR count). The van der Waals surface area contributed by atoms with Crippen molar-refractivity contribution in [3.8, 4) is 0 Å². The van der Waals surface area contributed by atoms with E-state index < -0.39 is 17.9 Å². The highest BCUT2D eigenvalue weighted by molar-refractivity contribution is 5.75. The van der Waals surface area contributed by atoms with Crippen molar-refractivity contribution in [2.24, 2.45) is 0 Å². The summed E-state index contributed by atoms with van der Waals surface area (Å²) in [6.45, 7) is 2.49. The van der Waals surface area contributed by atoms with Gasteiger partial charge in [0.25, 0.3) is 5.92 Å². The molecule has 2 aliphatic rings. The van der Waals surface area contributed by atoms with E-state index in [1.54, 1.807) is 6.07 Å². The van der Waals surface area contributed by atoms with Gasteiger partial charge < -0.3 is 9.84 Å². The SMILES string of the molecule is CC(F)(F)c1cccc([C@@H](C(=O)O)N2CC[C@@H](OCCCCc3ccc4c(n3)CCCC4)C2)c1. The van der Waals surface area contributed by atoms with E-state index in [-0.39, 0.29) is 11.7 Å². The number of alkyl halides is 2. The van der Waals surface area contributed by atoms with Crippen molar-refractivity contribution in [3.05, 3.63) is 64.5 Å². The fourth-order valence-corrected chi connectivity index (χ4v) is 5.04. The van der Waals surface area contributed by atoms with E-state index in [9.17, 15) is 18.7 Å². The van der Waals surface area contributed by atoms with E-state index in [2.05, 4.69) is 12.1 Å². The number of carbonyl (C=O) groups is 1. The molecule has 0 spiro atoms. The number of carboxylic acid groups (broad SMARTS) is 1. The topological polar surface area (TPSA) is 62.7 Å². The summed E-state index contributed by atoms with van der Waals surface area (Å²) < 4.78 is 33.5. The summed E-state index contributed by atoms with van der Waals surface area (Å²) in [4.78, 5) is 18.7. The number of hydrogen-bond donors (Lipinski definition) is 1. The maximum absolute atomic E-state index is 13.7. The van der Waals surface area contributed by atoms with Gasteiger partial charge in [-0.1, -0.05) is 24.3 Å². The highest BCUT2D eigenvalue weighted by Crippen LogP contribution is 2.32. The highest BCUT2D eigenvalue weighted by Gasteiger charge is 2.35. The van der Waals surface area contributed by atoms with Gasteiger partial charge >= 0.3 is 5.97 Å². The van der Waals surface area contributed by atoms with Crippen LogP contribution in [-0.2, 0) is 34.7 Å². The van der Waals surface area contributed by atoms with Crippen LogP contribution in [0, 0.1) is 0 Å². The van der Waals surface area contributed by atoms with Crippen molar-refractivity contribution in [1.29, 1.82) is 0 Å². The second kappa shape index (κ2) is 10.9. The molecule has 7 heteroatoms. The number of pyridine rings is 1. The largest absolute Gasteiger partial charge is 0.480 e. The number of rotatable bonds is 10. The lowest BCUT2D eigenvalue weighted by atomic mass is 9.95. The molecule has 1 aliphatic heterocycles. The van der Waals surface area contributed by atoms with Crippen molar-refractivity contribution >= 4 is 5.97 Å². The first kappa shape index (κ1) is 24.7. The number of aromatic nitrogens is 1. The number of ether oxygens (including phenoxy) is 1. The van der Waals surface area contributed by atoms with Crippen LogP contribution in [0.5, 0.6) is 0 Å². The molecule has 2 aromatic rings. The number of benzene rings is 1. The van der Waals surface area contributed by atoms with Gasteiger partial charge in [0.1, 0.15) is 6.04 Å². The quantitative estimate of drug-likeness (QED) is 0.475. The summed E-state index contributed by atoms with van der Waals surface area (Å²) in [5.41, 5.74) is 4.03. The average molecular weight is 473 g/mol. The Hall–Kier alpha value is -2.38. The Morgan fingerprint density at radius 1 is 1.24 bits per heavy atom. The molecular formula is C27H34F2N2O3. The fourth-order valence-electron chi connectivity index (χ4n) is 5.04. The van der Waals surface area contributed by atoms with Gasteiger partial charge in [-0.05, 0) is 74.6 Å². The van der Waals surface area contributed by atoms with Crippen LogP contribution in [0.3, 0.4) is 0 Å². The van der Waals surface area contributed by atoms with Gasteiger partial charge in [0.05, 0.1) is 6.10 Å². The fraction of sp³-hybridized carbons (Fsp3) is 0.556. The number of fused-ring (bicyclic) bond motifs is 1. The molecule has 0 unspecified atom stereocenters. The third kappa shape index (κ3) is 6.19. The van der Waals surface area contributed by atoms with Gasteiger partial charge in [-0.2, -0.15) is 0 Å². The summed E-state index contributed by atoms with van der Waals surface area (Å²) in [7, 11) is 0. The monoisotopic (exact) mass is 472 g/mol. The molecule has 0 radical (unpaired) electrons. The maximum Gasteiger partial charge on any atom is 0.325 e. The van der Waals surface area contributed by atoms with Gasteiger partial charge in [-0.3, -0.25) is 14.7 Å². The van der Waals surface area contributed by atoms with E-state index in [0.717, 1.165) is 51.1 Å². The molecule has 1 saturated heterocycles. The lowest BCUT2D eigenvalue weighted by Crippen LogP contribution is -2.33. The van der Waals surface area contributed by atoms with Crippen molar-refractivity contribution < 1.29 is 23.4 Å². The zero-order chi connectivity index (χ0) is 24.1. The Balaban J connectivity index is 1.24. The van der Waals surface area contributed by atoms with E-state index in [4.69, 9.17) is 9.72 Å². The number of aliphatic carboxylic acids is 1. The minimum absolute atomic E-state index is 0.0421. The Morgan fingerprint density at radius 3 is 2.85 bits per heavy atom. The molecule has 2 atom stereocenters. The zero-order valence-electron chi connectivity index (χ0n) is 19.8. The Bertz CT molecular complexity index is 992. The van der Waals surface area contributed by atoms with Crippen LogP contribution >= 0.6 is 0 Å².